The molecule has 0 bridgehead atoms. The molecule has 0 radical (unpaired) electrons. The number of hydrogen-bond donors (Lipinski definition) is 1. The number of aryl methyl sites for hydroxylation is 1. The number of nitrogens with one attached hydrogen (secondary N) is 1. The zero-order valence-electron chi connectivity index (χ0n) is 9.80. The van der Waals surface area contributed by atoms with Gasteiger partial charge >= 0.3 is 0 Å². The lowest BCUT2D eigenvalue weighted by molar-refractivity contribution is 0.587. The molecular weight excluding hydrogens is 210 g/mol. The van der Waals surface area contributed by atoms with Gasteiger partial charge in [-0.15, -0.1) is 0 Å². The van der Waals surface area contributed by atoms with Crippen molar-refractivity contribution in [1.29, 1.82) is 0 Å². The second-order valence-corrected chi connectivity index (χ2v) is 5.63. The molecule has 1 N–H and O–H groups in total. The zero-order chi connectivity index (χ0) is 11.8. The molecule has 0 aliphatic carbocycles. The van der Waals surface area contributed by atoms with Crippen LogP contribution in [0.5, 0.6) is 0 Å². The Morgan fingerprint density at radius 2 is 1.53 bits per heavy atom. The van der Waals surface area contributed by atoms with Gasteiger partial charge in [0.25, 0.3) is 0 Å². The predicted molar refractivity (Wildman–Crippen MR) is 61.6 cm³/mol. The number of sulfonamides is 1. The zero-order valence-corrected chi connectivity index (χ0v) is 10.6. The fourth-order valence-corrected chi connectivity index (χ4v) is 2.67. The van der Waals surface area contributed by atoms with Crippen LogP contribution >= 0.6 is 0 Å². The van der Waals surface area contributed by atoms with E-state index in [1.54, 1.807) is 6.07 Å². The van der Waals surface area contributed by atoms with E-state index >= 15 is 0 Å². The molecule has 84 valence electrons. The van der Waals surface area contributed by atoms with Crippen LogP contribution in [0.1, 0.15) is 22.3 Å². The smallest absolute Gasteiger partial charge is 0.214 e. The van der Waals surface area contributed by atoms with Crippen molar-refractivity contribution in [2.45, 2.75) is 32.6 Å². The number of benzene rings is 1. The molecule has 1 aromatic rings. The molecule has 0 aliphatic heterocycles. The van der Waals surface area contributed by atoms with Gasteiger partial charge in [-0.2, -0.15) is 0 Å². The highest BCUT2D eigenvalue weighted by Crippen LogP contribution is 2.24. The van der Waals surface area contributed by atoms with Crippen LogP contribution in [0, 0.1) is 27.7 Å². The summed E-state index contributed by atoms with van der Waals surface area (Å²) < 4.78 is 25.8. The Morgan fingerprint density at radius 1 is 1.00 bits per heavy atom. The van der Waals surface area contributed by atoms with Gasteiger partial charge < -0.3 is 0 Å². The highest BCUT2D eigenvalue weighted by atomic mass is 32.2. The largest absolute Gasteiger partial charge is 0.240 e. The normalized spacial score (nSPS) is 11.8. The third kappa shape index (κ3) is 2.06. The Labute approximate surface area is 91.6 Å². The van der Waals surface area contributed by atoms with Crippen LogP contribution in [0.15, 0.2) is 11.0 Å². The van der Waals surface area contributed by atoms with Crippen molar-refractivity contribution < 1.29 is 8.42 Å². The van der Waals surface area contributed by atoms with Crippen molar-refractivity contribution in [3.05, 3.63) is 28.3 Å². The van der Waals surface area contributed by atoms with Crippen LogP contribution in [0.2, 0.25) is 0 Å². The molecule has 0 saturated carbocycles. The molecule has 0 amide bonds. The Balaban J connectivity index is 3.60. The molecule has 1 aromatic carbocycles. The molecule has 0 aromatic heterocycles. The van der Waals surface area contributed by atoms with Crippen LogP contribution in [0.3, 0.4) is 0 Å². The summed E-state index contributed by atoms with van der Waals surface area (Å²) in [4.78, 5) is 0.380. The summed E-state index contributed by atoms with van der Waals surface area (Å²) in [6.07, 6.45) is 0. The first-order chi connectivity index (χ1) is 6.81. The standard InChI is InChI=1S/C11H17NO2S/c1-7-6-11(15(13,14)12-5)10(4)9(3)8(7)2/h6,12H,1-5H3. The molecule has 3 nitrogen and oxygen atoms in total. The summed E-state index contributed by atoms with van der Waals surface area (Å²) in [6, 6.07) is 1.73. The van der Waals surface area contributed by atoms with Crippen LogP contribution in [0.25, 0.3) is 0 Å². The molecule has 0 saturated heterocycles. The fourth-order valence-electron chi connectivity index (χ4n) is 1.56. The van der Waals surface area contributed by atoms with Gasteiger partial charge in [-0.05, 0) is 63.1 Å². The molecule has 1 rings (SSSR count). The lowest BCUT2D eigenvalue weighted by Crippen LogP contribution is -2.20. The third-order valence-corrected chi connectivity index (χ3v) is 4.53. The van der Waals surface area contributed by atoms with Gasteiger partial charge in [-0.25, -0.2) is 13.1 Å². The van der Waals surface area contributed by atoms with Gasteiger partial charge in [0.15, 0.2) is 0 Å². The van der Waals surface area contributed by atoms with Gasteiger partial charge in [-0.1, -0.05) is 0 Å². The Kier molecular flexibility index (Phi) is 3.21. The Bertz CT molecular complexity index is 490. The van der Waals surface area contributed by atoms with E-state index in [2.05, 4.69) is 4.72 Å². The van der Waals surface area contributed by atoms with Crippen molar-refractivity contribution in [3.63, 3.8) is 0 Å². The molecule has 0 aliphatic rings. The molecule has 0 atom stereocenters. The number of hydrogen-bond acceptors (Lipinski definition) is 2. The van der Waals surface area contributed by atoms with Crippen molar-refractivity contribution in [1.82, 2.24) is 4.72 Å². The lowest BCUT2D eigenvalue weighted by atomic mass is 10.00. The summed E-state index contributed by atoms with van der Waals surface area (Å²) in [5.41, 5.74) is 4.03. The van der Waals surface area contributed by atoms with E-state index in [1.807, 2.05) is 27.7 Å². The molecule has 0 heterocycles. The van der Waals surface area contributed by atoms with Crippen molar-refractivity contribution in [3.8, 4) is 0 Å². The maximum absolute atomic E-state index is 11.7. The lowest BCUT2D eigenvalue weighted by Gasteiger charge is -2.13. The summed E-state index contributed by atoms with van der Waals surface area (Å²) in [5, 5.41) is 0. The highest BCUT2D eigenvalue weighted by Gasteiger charge is 2.17. The minimum Gasteiger partial charge on any atom is -0.214 e. The minimum absolute atomic E-state index is 0.380. The SMILES string of the molecule is CNS(=O)(=O)c1cc(C)c(C)c(C)c1C. The van der Waals surface area contributed by atoms with E-state index in [9.17, 15) is 8.42 Å². The van der Waals surface area contributed by atoms with E-state index in [4.69, 9.17) is 0 Å². The molecular formula is C11H17NO2S. The van der Waals surface area contributed by atoms with Crippen molar-refractivity contribution in [2.24, 2.45) is 0 Å². The van der Waals surface area contributed by atoms with Crippen LogP contribution in [0.4, 0.5) is 0 Å². The van der Waals surface area contributed by atoms with Crippen molar-refractivity contribution >= 4 is 10.0 Å². The van der Waals surface area contributed by atoms with E-state index in [0.717, 1.165) is 22.3 Å². The first kappa shape index (κ1) is 12.2. The fraction of sp³-hybridized carbons (Fsp3) is 0.455. The van der Waals surface area contributed by atoms with Gasteiger partial charge in [0.1, 0.15) is 0 Å². The summed E-state index contributed by atoms with van der Waals surface area (Å²) in [7, 11) is -1.91. The van der Waals surface area contributed by atoms with Crippen LogP contribution < -0.4 is 4.72 Å². The average molecular weight is 227 g/mol. The van der Waals surface area contributed by atoms with E-state index in [0.29, 0.717) is 4.90 Å². The summed E-state index contributed by atoms with van der Waals surface area (Å²) in [6.45, 7) is 7.72. The van der Waals surface area contributed by atoms with Gasteiger partial charge in [-0.3, -0.25) is 0 Å². The minimum atomic E-state index is -3.34. The van der Waals surface area contributed by atoms with Crippen LogP contribution in [-0.4, -0.2) is 15.5 Å². The van der Waals surface area contributed by atoms with Gasteiger partial charge in [0.05, 0.1) is 4.90 Å². The maximum Gasteiger partial charge on any atom is 0.240 e. The second-order valence-electron chi connectivity index (χ2n) is 3.77. The van der Waals surface area contributed by atoms with E-state index in [1.165, 1.54) is 7.05 Å². The first-order valence-corrected chi connectivity index (χ1v) is 6.30. The van der Waals surface area contributed by atoms with Gasteiger partial charge in [0, 0.05) is 0 Å². The highest BCUT2D eigenvalue weighted by molar-refractivity contribution is 7.89. The maximum atomic E-state index is 11.7. The van der Waals surface area contributed by atoms with Gasteiger partial charge in [0.2, 0.25) is 10.0 Å². The topological polar surface area (TPSA) is 46.2 Å². The Hall–Kier alpha value is -0.870. The molecule has 0 unspecified atom stereocenters. The quantitative estimate of drug-likeness (QED) is 0.837. The molecule has 0 fully saturated rings. The molecule has 0 spiro atoms. The summed E-state index contributed by atoms with van der Waals surface area (Å²) >= 11 is 0. The Morgan fingerprint density at radius 3 is 2.00 bits per heavy atom. The van der Waals surface area contributed by atoms with E-state index < -0.39 is 10.0 Å². The van der Waals surface area contributed by atoms with E-state index in [-0.39, 0.29) is 0 Å². The van der Waals surface area contributed by atoms with Crippen molar-refractivity contribution in [2.75, 3.05) is 7.05 Å². The first-order valence-electron chi connectivity index (χ1n) is 4.82. The second kappa shape index (κ2) is 3.94. The third-order valence-electron chi connectivity index (χ3n) is 2.99. The monoisotopic (exact) mass is 227 g/mol. The molecule has 15 heavy (non-hydrogen) atoms. The predicted octanol–water partition coefficient (Wildman–Crippen LogP) is 1.83. The molecule has 4 heteroatoms. The van der Waals surface area contributed by atoms with Crippen LogP contribution in [-0.2, 0) is 10.0 Å². The number of rotatable bonds is 2. The average Bonchev–Trinajstić information content (AvgIpc) is 2.20. The summed E-state index contributed by atoms with van der Waals surface area (Å²) in [5.74, 6) is 0.